The van der Waals surface area contributed by atoms with E-state index < -0.39 is 0 Å². The van der Waals surface area contributed by atoms with Gasteiger partial charge in [0.15, 0.2) is 0 Å². The zero-order chi connectivity index (χ0) is 22.3. The van der Waals surface area contributed by atoms with Gasteiger partial charge in [-0.3, -0.25) is 4.79 Å². The Kier molecular flexibility index (Phi) is 7.30. The first-order valence-corrected chi connectivity index (χ1v) is 11.8. The molecule has 6 heteroatoms. The Morgan fingerprint density at radius 1 is 0.938 bits per heavy atom. The largest absolute Gasteiger partial charge is 0.371 e. The minimum atomic E-state index is -0.155. The van der Waals surface area contributed by atoms with Gasteiger partial charge in [-0.05, 0) is 55.9 Å². The number of urea groups is 1. The van der Waals surface area contributed by atoms with Crippen molar-refractivity contribution < 1.29 is 9.59 Å². The average Bonchev–Trinajstić information content (AvgIpc) is 2.85. The van der Waals surface area contributed by atoms with Crippen LogP contribution in [0.3, 0.4) is 0 Å². The summed E-state index contributed by atoms with van der Waals surface area (Å²) in [5.74, 6) is -0.0342. The van der Waals surface area contributed by atoms with Gasteiger partial charge in [0, 0.05) is 51.1 Å². The molecule has 2 saturated heterocycles. The second-order valence-corrected chi connectivity index (χ2v) is 8.95. The third-order valence-electron chi connectivity index (χ3n) is 6.56. The van der Waals surface area contributed by atoms with Crippen molar-refractivity contribution in [1.29, 1.82) is 0 Å². The maximum absolute atomic E-state index is 13.3. The minimum Gasteiger partial charge on any atom is -0.371 e. The van der Waals surface area contributed by atoms with Crippen LogP contribution < -0.4 is 10.2 Å². The van der Waals surface area contributed by atoms with E-state index in [-0.39, 0.29) is 17.9 Å². The maximum Gasteiger partial charge on any atom is 0.321 e. The molecule has 0 saturated carbocycles. The molecule has 0 aromatic heterocycles. The number of likely N-dealkylation sites (tertiary alicyclic amines) is 1. The average molecular weight is 435 g/mol. The van der Waals surface area contributed by atoms with Crippen molar-refractivity contribution in [3.05, 3.63) is 60.2 Å². The highest BCUT2D eigenvalue weighted by molar-refractivity contribution is 5.90. The number of anilines is 2. The van der Waals surface area contributed by atoms with Crippen molar-refractivity contribution in [2.45, 2.75) is 38.6 Å². The van der Waals surface area contributed by atoms with Crippen LogP contribution in [0.5, 0.6) is 0 Å². The summed E-state index contributed by atoms with van der Waals surface area (Å²) in [5, 5.41) is 2.94. The van der Waals surface area contributed by atoms with Gasteiger partial charge in [0.25, 0.3) is 0 Å². The van der Waals surface area contributed by atoms with Crippen LogP contribution in [0.1, 0.15) is 37.7 Å². The van der Waals surface area contributed by atoms with Crippen LogP contribution in [-0.4, -0.2) is 55.0 Å². The molecule has 1 unspecified atom stereocenters. The molecule has 2 fully saturated rings. The van der Waals surface area contributed by atoms with Crippen molar-refractivity contribution in [2.75, 3.05) is 43.4 Å². The minimum absolute atomic E-state index is 0.121. The highest BCUT2D eigenvalue weighted by Crippen LogP contribution is 2.26. The van der Waals surface area contributed by atoms with Crippen molar-refractivity contribution in [3.63, 3.8) is 0 Å². The summed E-state index contributed by atoms with van der Waals surface area (Å²) in [4.78, 5) is 32.0. The lowest BCUT2D eigenvalue weighted by Crippen LogP contribution is -2.47. The first-order valence-electron chi connectivity index (χ1n) is 11.8. The van der Waals surface area contributed by atoms with E-state index in [0.717, 1.165) is 31.6 Å². The van der Waals surface area contributed by atoms with Gasteiger partial charge >= 0.3 is 6.03 Å². The third-order valence-corrected chi connectivity index (χ3v) is 6.56. The topological polar surface area (TPSA) is 55.9 Å². The van der Waals surface area contributed by atoms with Crippen molar-refractivity contribution in [2.24, 2.45) is 5.92 Å². The van der Waals surface area contributed by atoms with E-state index in [1.54, 1.807) is 4.90 Å². The number of rotatable bonds is 5. The molecule has 2 aromatic rings. The highest BCUT2D eigenvalue weighted by Gasteiger charge is 2.30. The zero-order valence-electron chi connectivity index (χ0n) is 19.0. The molecule has 2 heterocycles. The van der Waals surface area contributed by atoms with Gasteiger partial charge in [-0.15, -0.1) is 0 Å². The Hall–Kier alpha value is -3.02. The highest BCUT2D eigenvalue weighted by atomic mass is 16.2. The number of hydrogen-bond acceptors (Lipinski definition) is 3. The van der Waals surface area contributed by atoms with Gasteiger partial charge in [0.2, 0.25) is 5.91 Å². The molecule has 0 radical (unpaired) electrons. The molecule has 1 N–H and O–H groups in total. The number of nitrogens with one attached hydrogen (secondary N) is 1. The fourth-order valence-electron chi connectivity index (χ4n) is 4.82. The smallest absolute Gasteiger partial charge is 0.321 e. The number of nitrogens with zero attached hydrogens (tertiary/aromatic N) is 3. The van der Waals surface area contributed by atoms with Crippen molar-refractivity contribution in [1.82, 2.24) is 9.80 Å². The van der Waals surface area contributed by atoms with Crippen LogP contribution in [0.2, 0.25) is 0 Å². The van der Waals surface area contributed by atoms with Crippen LogP contribution in [0.25, 0.3) is 0 Å². The Morgan fingerprint density at radius 3 is 2.44 bits per heavy atom. The normalized spacial score (nSPS) is 18.8. The van der Waals surface area contributed by atoms with Gasteiger partial charge in [-0.1, -0.05) is 36.4 Å². The molecule has 0 aliphatic carbocycles. The van der Waals surface area contributed by atoms with Gasteiger partial charge < -0.3 is 20.0 Å². The number of piperidine rings is 2. The number of carbonyl (C=O) groups is 2. The van der Waals surface area contributed by atoms with Crippen LogP contribution in [0, 0.1) is 5.92 Å². The lowest BCUT2D eigenvalue weighted by atomic mass is 9.96. The second kappa shape index (κ2) is 10.5. The molecule has 2 aliphatic heterocycles. The van der Waals surface area contributed by atoms with E-state index in [9.17, 15) is 9.59 Å². The standard InChI is InChI=1S/C26H34N4O2/c1-28(19-21-11-6-7-15-24(21)29-16-8-3-9-17-29)25(31)22-12-10-18-30(20-22)26(32)27-23-13-4-2-5-14-23/h2,4-7,11,13-15,22H,3,8-10,12,16-20H2,1H3,(H,27,32). The Balaban J connectivity index is 1.37. The van der Waals surface area contributed by atoms with Gasteiger partial charge in [0.05, 0.1) is 5.92 Å². The van der Waals surface area contributed by atoms with Gasteiger partial charge in [-0.2, -0.15) is 0 Å². The molecule has 4 rings (SSSR count). The summed E-state index contributed by atoms with van der Waals surface area (Å²) in [6.45, 7) is 3.92. The van der Waals surface area contributed by atoms with E-state index in [2.05, 4.69) is 34.5 Å². The van der Waals surface area contributed by atoms with E-state index >= 15 is 0 Å². The van der Waals surface area contributed by atoms with Crippen molar-refractivity contribution >= 4 is 23.3 Å². The molecule has 0 spiro atoms. The van der Waals surface area contributed by atoms with E-state index in [0.29, 0.717) is 19.6 Å². The maximum atomic E-state index is 13.3. The molecule has 2 aromatic carbocycles. The molecule has 3 amide bonds. The summed E-state index contributed by atoms with van der Waals surface area (Å²) >= 11 is 0. The predicted octanol–water partition coefficient (Wildman–Crippen LogP) is 4.58. The molecular formula is C26H34N4O2. The number of hydrogen-bond donors (Lipinski definition) is 1. The second-order valence-electron chi connectivity index (χ2n) is 8.95. The Morgan fingerprint density at radius 2 is 1.66 bits per heavy atom. The summed E-state index contributed by atoms with van der Waals surface area (Å²) in [6.07, 6.45) is 5.42. The quantitative estimate of drug-likeness (QED) is 0.749. The molecule has 0 bridgehead atoms. The molecule has 32 heavy (non-hydrogen) atoms. The summed E-state index contributed by atoms with van der Waals surface area (Å²) in [5.41, 5.74) is 3.22. The fourth-order valence-corrected chi connectivity index (χ4v) is 4.82. The molecule has 6 nitrogen and oxygen atoms in total. The van der Waals surface area contributed by atoms with Crippen LogP contribution in [0.15, 0.2) is 54.6 Å². The van der Waals surface area contributed by atoms with E-state index in [1.807, 2.05) is 42.3 Å². The first kappa shape index (κ1) is 22.2. The number of carbonyl (C=O) groups excluding carboxylic acids is 2. The molecule has 1 atom stereocenters. The van der Waals surface area contributed by atoms with Crippen LogP contribution in [0.4, 0.5) is 16.2 Å². The summed E-state index contributed by atoms with van der Waals surface area (Å²) in [7, 11) is 1.89. The third kappa shape index (κ3) is 5.42. The molecule has 170 valence electrons. The van der Waals surface area contributed by atoms with E-state index in [1.165, 1.54) is 30.5 Å². The molecular weight excluding hydrogens is 400 g/mol. The zero-order valence-corrected chi connectivity index (χ0v) is 19.0. The van der Waals surface area contributed by atoms with Crippen LogP contribution in [-0.2, 0) is 11.3 Å². The predicted molar refractivity (Wildman–Crippen MR) is 129 cm³/mol. The SMILES string of the molecule is CN(Cc1ccccc1N1CCCCC1)C(=O)C1CCCN(C(=O)Nc2ccccc2)C1. The summed E-state index contributed by atoms with van der Waals surface area (Å²) < 4.78 is 0. The number of para-hydroxylation sites is 2. The molecule has 2 aliphatic rings. The lowest BCUT2D eigenvalue weighted by Gasteiger charge is -2.35. The monoisotopic (exact) mass is 434 g/mol. The van der Waals surface area contributed by atoms with E-state index in [4.69, 9.17) is 0 Å². The number of benzene rings is 2. The first-order chi connectivity index (χ1) is 15.6. The van der Waals surface area contributed by atoms with Crippen LogP contribution >= 0.6 is 0 Å². The van der Waals surface area contributed by atoms with Gasteiger partial charge in [0.1, 0.15) is 0 Å². The lowest BCUT2D eigenvalue weighted by molar-refractivity contribution is -0.136. The van der Waals surface area contributed by atoms with Gasteiger partial charge in [-0.25, -0.2) is 4.79 Å². The summed E-state index contributed by atoms with van der Waals surface area (Å²) in [6, 6.07) is 17.8. The Bertz CT molecular complexity index is 911. The fraction of sp³-hybridized carbons (Fsp3) is 0.462. The van der Waals surface area contributed by atoms with Crippen molar-refractivity contribution in [3.8, 4) is 0 Å². The number of amides is 3. The Labute approximate surface area is 191 Å².